The monoisotopic (exact) mass is 566 g/mol. The summed E-state index contributed by atoms with van der Waals surface area (Å²) in [5.41, 5.74) is 11.1. The number of azide groups is 1. The molecule has 2 heterocycles. The van der Waals surface area contributed by atoms with Gasteiger partial charge in [-0.05, 0) is 51.4 Å². The topological polar surface area (TPSA) is 220 Å². The lowest BCUT2D eigenvalue weighted by Gasteiger charge is -2.30. The highest BCUT2D eigenvalue weighted by atomic mass is 31.2. The van der Waals surface area contributed by atoms with Gasteiger partial charge in [-0.15, -0.1) is 0 Å². The van der Waals surface area contributed by atoms with Crippen molar-refractivity contribution in [3.63, 3.8) is 0 Å². The fourth-order valence-corrected chi connectivity index (χ4v) is 5.10. The van der Waals surface area contributed by atoms with Crippen LogP contribution in [0.15, 0.2) is 58.6 Å². The number of carbonyl (C=O) groups excluding carboxylic acids is 1. The number of aliphatic hydroxyl groups excluding tert-OH is 2. The highest BCUT2D eigenvalue weighted by Gasteiger charge is 2.56. The molecule has 39 heavy (non-hydrogen) atoms. The summed E-state index contributed by atoms with van der Waals surface area (Å²) in [6.45, 7) is 5.42. The number of nitrogens with two attached hydrogens (primary N) is 1. The van der Waals surface area contributed by atoms with Gasteiger partial charge < -0.3 is 29.9 Å². The van der Waals surface area contributed by atoms with Crippen LogP contribution >= 0.6 is 7.75 Å². The van der Waals surface area contributed by atoms with Crippen LogP contribution in [0.1, 0.15) is 33.9 Å². The lowest BCUT2D eigenvalue weighted by atomic mass is 10.1. The minimum Gasteiger partial charge on any atom is -0.459 e. The normalized spacial score (nSPS) is 25.2. The van der Waals surface area contributed by atoms with E-state index in [-0.39, 0.29) is 11.4 Å². The van der Waals surface area contributed by atoms with Crippen molar-refractivity contribution in [1.82, 2.24) is 9.65 Å². The van der Waals surface area contributed by atoms with Crippen LogP contribution in [0.5, 0.6) is 5.75 Å². The van der Waals surface area contributed by atoms with E-state index in [0.717, 1.165) is 10.6 Å². The molecular formula is C23H31N6O9P. The first-order valence-electron chi connectivity index (χ1n) is 11.8. The van der Waals surface area contributed by atoms with Crippen molar-refractivity contribution >= 4 is 19.4 Å². The summed E-state index contributed by atoms with van der Waals surface area (Å²) in [6, 6.07) is 9.08. The molecule has 6 atom stereocenters. The summed E-state index contributed by atoms with van der Waals surface area (Å²) in [7, 11) is -4.48. The molecule has 1 aromatic carbocycles. The van der Waals surface area contributed by atoms with Gasteiger partial charge in [0.25, 0.3) is 5.56 Å². The van der Waals surface area contributed by atoms with Crippen LogP contribution < -0.4 is 20.9 Å². The minimum absolute atomic E-state index is 0.0989. The number of hydrogen-bond donors (Lipinski definition) is 4. The summed E-state index contributed by atoms with van der Waals surface area (Å²) in [5, 5.41) is 27.4. The Morgan fingerprint density at radius 1 is 1.33 bits per heavy atom. The molecule has 1 aliphatic rings. The molecule has 0 amide bonds. The molecule has 1 aromatic heterocycles. The van der Waals surface area contributed by atoms with Gasteiger partial charge in [-0.2, -0.15) is 5.09 Å². The first-order chi connectivity index (χ1) is 18.2. The fourth-order valence-electron chi connectivity index (χ4n) is 3.58. The van der Waals surface area contributed by atoms with Crippen molar-refractivity contribution in [3.8, 4) is 5.75 Å². The number of nitrogens with zero attached hydrogens (tertiary/aromatic N) is 4. The Balaban J connectivity index is 1.91. The molecule has 0 aliphatic carbocycles. The zero-order valence-electron chi connectivity index (χ0n) is 21.7. The van der Waals surface area contributed by atoms with Crippen molar-refractivity contribution in [1.29, 1.82) is 0 Å². The zero-order valence-corrected chi connectivity index (χ0v) is 22.6. The van der Waals surface area contributed by atoms with E-state index in [9.17, 15) is 29.9 Å². The first kappa shape index (κ1) is 30.1. The van der Waals surface area contributed by atoms with Gasteiger partial charge in [0.05, 0.1) is 6.61 Å². The van der Waals surface area contributed by atoms with Crippen molar-refractivity contribution in [2.75, 3.05) is 12.3 Å². The van der Waals surface area contributed by atoms with Crippen molar-refractivity contribution < 1.29 is 38.1 Å². The molecule has 2 aromatic rings. The number of ether oxygens (including phenoxy) is 2. The van der Waals surface area contributed by atoms with Gasteiger partial charge in [-0.1, -0.05) is 23.3 Å². The summed E-state index contributed by atoms with van der Waals surface area (Å²) in [5.74, 6) is -0.662. The van der Waals surface area contributed by atoms with Crippen LogP contribution in [-0.4, -0.2) is 56.9 Å². The van der Waals surface area contributed by atoms with Crippen molar-refractivity contribution in [2.45, 2.75) is 63.5 Å². The Kier molecular flexibility index (Phi) is 9.08. The molecule has 0 spiro atoms. The quantitative estimate of drug-likeness (QED) is 0.107. The average Bonchev–Trinajstić information content (AvgIpc) is 3.08. The molecule has 3 rings (SSSR count). The number of pyridine rings is 1. The average molecular weight is 567 g/mol. The van der Waals surface area contributed by atoms with E-state index < -0.39 is 61.7 Å². The van der Waals surface area contributed by atoms with Gasteiger partial charge in [0.2, 0.25) is 5.72 Å². The summed E-state index contributed by atoms with van der Waals surface area (Å²) in [6.07, 6.45) is -4.01. The molecule has 0 bridgehead atoms. The van der Waals surface area contributed by atoms with Gasteiger partial charge >= 0.3 is 13.7 Å². The van der Waals surface area contributed by atoms with Crippen LogP contribution in [0.25, 0.3) is 10.4 Å². The van der Waals surface area contributed by atoms with E-state index in [2.05, 4.69) is 15.1 Å². The highest BCUT2D eigenvalue weighted by Crippen LogP contribution is 2.48. The van der Waals surface area contributed by atoms with Crippen LogP contribution in [-0.2, 0) is 23.4 Å². The lowest BCUT2D eigenvalue weighted by molar-refractivity contribution is -0.156. The third-order valence-corrected chi connectivity index (χ3v) is 7.01. The van der Waals surface area contributed by atoms with E-state index in [4.69, 9.17) is 24.3 Å². The highest BCUT2D eigenvalue weighted by molar-refractivity contribution is 7.52. The van der Waals surface area contributed by atoms with Crippen LogP contribution in [0, 0.1) is 0 Å². The molecule has 0 saturated carbocycles. The second-order valence-electron chi connectivity index (χ2n) is 9.74. The summed E-state index contributed by atoms with van der Waals surface area (Å²) >= 11 is 0. The zero-order chi connectivity index (χ0) is 29.0. The summed E-state index contributed by atoms with van der Waals surface area (Å²) in [4.78, 5) is 27.6. The molecule has 16 heteroatoms. The SMILES string of the molecule is C[C@@H](NP(=O)(OC[C@@]1(N=[N+]=[N-])O[C@@H](n2ccc(N)cc2=O)[C@H](O)[C@@H]1O)Oc1ccccc1)C(=O)OC(C)(C)C. The van der Waals surface area contributed by atoms with E-state index in [1.165, 1.54) is 31.3 Å². The number of para-hydroxylation sites is 1. The number of aromatic nitrogens is 1. The molecule has 212 valence electrons. The molecular weight excluding hydrogens is 535 g/mol. The standard InChI is InChI=1S/C23H31N6O9P/c1-14(21(33)37-22(2,3)4)26-39(34,38-16-8-6-5-7-9-16)35-13-23(27-28-25)19(32)18(31)20(36-23)29-11-10-15(24)12-17(29)30/h5-12,14,18-20,31-32H,13,24H2,1-4H3,(H,26,34)/t14-,18-,19+,20-,23-,39?/m1/s1. The maximum Gasteiger partial charge on any atom is 0.459 e. The Hall–Kier alpha value is -3.42. The third-order valence-electron chi connectivity index (χ3n) is 5.39. The number of benzene rings is 1. The molecule has 5 N–H and O–H groups in total. The largest absolute Gasteiger partial charge is 0.459 e. The molecule has 15 nitrogen and oxygen atoms in total. The molecule has 1 saturated heterocycles. The van der Waals surface area contributed by atoms with E-state index in [1.807, 2.05) is 0 Å². The summed E-state index contributed by atoms with van der Waals surface area (Å²) < 4.78 is 36.8. The van der Waals surface area contributed by atoms with Gasteiger partial charge in [-0.3, -0.25) is 18.7 Å². The van der Waals surface area contributed by atoms with Gasteiger partial charge in [-0.25, -0.2) is 4.57 Å². The predicted octanol–water partition coefficient (Wildman–Crippen LogP) is 2.21. The number of nitrogen functional groups attached to an aromatic ring is 1. The third kappa shape index (κ3) is 7.37. The van der Waals surface area contributed by atoms with E-state index in [1.54, 1.807) is 39.0 Å². The van der Waals surface area contributed by atoms with E-state index >= 15 is 0 Å². The van der Waals surface area contributed by atoms with Gasteiger partial charge in [0.15, 0.2) is 6.23 Å². The fraction of sp³-hybridized carbons (Fsp3) is 0.478. The predicted molar refractivity (Wildman–Crippen MR) is 138 cm³/mol. The van der Waals surface area contributed by atoms with Crippen LogP contribution in [0.2, 0.25) is 0 Å². The Morgan fingerprint density at radius 3 is 2.59 bits per heavy atom. The minimum atomic E-state index is -4.48. The number of aliphatic hydroxyl groups is 2. The second-order valence-corrected chi connectivity index (χ2v) is 11.4. The Bertz CT molecular complexity index is 1330. The first-order valence-corrected chi connectivity index (χ1v) is 13.3. The smallest absolute Gasteiger partial charge is 0.459 e. The van der Waals surface area contributed by atoms with Gasteiger partial charge in [0, 0.05) is 22.9 Å². The van der Waals surface area contributed by atoms with E-state index in [0.29, 0.717) is 0 Å². The molecule has 1 fully saturated rings. The van der Waals surface area contributed by atoms with Crippen LogP contribution in [0.3, 0.4) is 0 Å². The number of nitrogens with one attached hydrogen (secondary N) is 1. The molecule has 1 aliphatic heterocycles. The van der Waals surface area contributed by atoms with Crippen molar-refractivity contribution in [2.24, 2.45) is 5.11 Å². The maximum absolute atomic E-state index is 13.8. The van der Waals surface area contributed by atoms with Crippen molar-refractivity contribution in [3.05, 3.63) is 69.5 Å². The molecule has 1 unspecified atom stereocenters. The number of hydrogen-bond acceptors (Lipinski definition) is 11. The molecule has 0 radical (unpaired) electrons. The number of esters is 1. The second kappa shape index (κ2) is 11.8. The number of rotatable bonds is 10. The Labute approximate surface area is 223 Å². The number of anilines is 1. The van der Waals surface area contributed by atoms with Gasteiger partial charge in [0.1, 0.15) is 29.6 Å². The van der Waals surface area contributed by atoms with Crippen LogP contribution in [0.4, 0.5) is 5.69 Å². The lowest BCUT2D eigenvalue weighted by Crippen LogP contribution is -2.46. The Morgan fingerprint density at radius 2 is 2.00 bits per heavy atom. The maximum atomic E-state index is 13.8. The number of carbonyl (C=O) groups is 1.